The van der Waals surface area contributed by atoms with Gasteiger partial charge in [-0.3, -0.25) is 0 Å². The third-order valence-electron chi connectivity index (χ3n) is 9.91. The Morgan fingerprint density at radius 2 is 0.750 bits per heavy atom. The van der Waals surface area contributed by atoms with Gasteiger partial charge in [-0.15, -0.1) is 26.2 Å². The first-order valence-corrected chi connectivity index (χ1v) is 15.9. The largest absolute Gasteiger partial charge is 0.138 e. The van der Waals surface area contributed by atoms with Crippen molar-refractivity contribution in [3.8, 4) is 0 Å². The zero-order valence-electron chi connectivity index (χ0n) is 21.6. The summed E-state index contributed by atoms with van der Waals surface area (Å²) in [6.07, 6.45) is 39.7. The van der Waals surface area contributed by atoms with E-state index in [9.17, 15) is 0 Å². The van der Waals surface area contributed by atoms with Gasteiger partial charge < -0.3 is 0 Å². The third-order valence-corrected chi connectivity index (χ3v) is 10.3. The first kappa shape index (κ1) is 29.1. The molecule has 0 aromatic rings. The van der Waals surface area contributed by atoms with Gasteiger partial charge in [0.05, 0.1) is 0 Å². The molecule has 3 rings (SSSR count). The van der Waals surface area contributed by atoms with E-state index in [1.165, 1.54) is 76.8 Å². The molecule has 0 aromatic carbocycles. The second kappa shape index (κ2) is 17.4. The Kier molecular flexibility index (Phi) is 15.8. The fourth-order valence-corrected chi connectivity index (χ4v) is 8.63. The molecule has 2 heteroatoms. The van der Waals surface area contributed by atoms with Crippen molar-refractivity contribution in [1.29, 1.82) is 0 Å². The summed E-state index contributed by atoms with van der Waals surface area (Å²) in [6, 6.07) is 0. The Balaban J connectivity index is 0.00000363. The maximum atomic E-state index is 2.88. The van der Waals surface area contributed by atoms with Gasteiger partial charge in [0.1, 0.15) is 0 Å². The number of rotatable bonds is 14. The third kappa shape index (κ3) is 8.85. The van der Waals surface area contributed by atoms with E-state index >= 15 is 0 Å². The minimum absolute atomic E-state index is 0. The molecule has 0 N–H and O–H groups in total. The van der Waals surface area contributed by atoms with Crippen molar-refractivity contribution < 1.29 is 0 Å². The van der Waals surface area contributed by atoms with Crippen molar-refractivity contribution in [3.63, 3.8) is 0 Å². The number of hydrogen-bond acceptors (Lipinski definition) is 0. The second-order valence-corrected chi connectivity index (χ2v) is 12.4. The molecule has 0 saturated heterocycles. The van der Waals surface area contributed by atoms with Crippen LogP contribution in [-0.4, -0.2) is 6.16 Å². The lowest BCUT2D eigenvalue weighted by atomic mass is 9.50. The molecule has 3 fully saturated rings. The van der Waals surface area contributed by atoms with Gasteiger partial charge in [-0.2, -0.15) is 0 Å². The fraction of sp³-hybridized carbons (Fsp3) is 1.00. The van der Waals surface area contributed by atoms with E-state index in [0.29, 0.717) is 0 Å². The average Bonchev–Trinajstić information content (AvgIpc) is 2.84. The van der Waals surface area contributed by atoms with Crippen molar-refractivity contribution in [3.05, 3.63) is 0 Å². The average molecular weight is 530 g/mol. The summed E-state index contributed by atoms with van der Waals surface area (Å²) >= 11 is 0. The molecule has 1 unspecified atom stereocenters. The van der Waals surface area contributed by atoms with Crippen LogP contribution in [0.15, 0.2) is 0 Å². The maximum Gasteiger partial charge on any atom is -0.0213 e. The summed E-state index contributed by atoms with van der Waals surface area (Å²) in [6.45, 7) is 0. The lowest BCUT2D eigenvalue weighted by Gasteiger charge is -2.55. The first-order chi connectivity index (χ1) is 15.4. The highest BCUT2D eigenvalue weighted by molar-refractivity contribution is 8.93. The molecule has 0 amide bonds. The van der Waals surface area contributed by atoms with Crippen LogP contribution >= 0.6 is 26.2 Å². The zero-order chi connectivity index (χ0) is 21.6. The van der Waals surface area contributed by atoms with Crippen molar-refractivity contribution in [1.82, 2.24) is 0 Å². The first-order valence-electron chi connectivity index (χ1n) is 15.1. The van der Waals surface area contributed by atoms with E-state index < -0.39 is 0 Å². The molecule has 3 saturated carbocycles. The number of hydrogen-bond donors (Lipinski definition) is 0. The summed E-state index contributed by atoms with van der Waals surface area (Å²) < 4.78 is 0. The van der Waals surface area contributed by atoms with Crippen molar-refractivity contribution in [2.75, 3.05) is 6.16 Å². The lowest BCUT2D eigenvalue weighted by molar-refractivity contribution is -0.0571. The van der Waals surface area contributed by atoms with Crippen LogP contribution in [0.4, 0.5) is 0 Å². The Bertz CT molecular complexity index is 387. The fourth-order valence-electron chi connectivity index (χ4n) is 8.35. The molecule has 32 heavy (non-hydrogen) atoms. The second-order valence-electron chi connectivity index (χ2n) is 11.8. The number of unbranched alkanes of at least 4 members (excludes halogenated alkanes) is 8. The molecule has 0 aromatic heterocycles. The van der Waals surface area contributed by atoms with Gasteiger partial charge in [0.15, 0.2) is 0 Å². The molecule has 0 aliphatic heterocycles. The molecular formula is C30H58BrP. The van der Waals surface area contributed by atoms with Crippen LogP contribution in [0.2, 0.25) is 0 Å². The van der Waals surface area contributed by atoms with Crippen molar-refractivity contribution in [2.24, 2.45) is 23.2 Å². The summed E-state index contributed by atoms with van der Waals surface area (Å²) in [4.78, 5) is 0. The monoisotopic (exact) mass is 528 g/mol. The van der Waals surface area contributed by atoms with Crippen LogP contribution in [0.3, 0.4) is 0 Å². The Labute approximate surface area is 215 Å². The molecule has 3 aliphatic carbocycles. The summed E-state index contributed by atoms with van der Waals surface area (Å²) in [5, 5.41) is 0. The van der Waals surface area contributed by atoms with Crippen LogP contribution < -0.4 is 0 Å². The molecule has 0 heterocycles. The predicted octanol–water partition coefficient (Wildman–Crippen LogP) is 11.1. The molecule has 0 spiro atoms. The molecule has 190 valence electrons. The van der Waals surface area contributed by atoms with Crippen LogP contribution in [0.1, 0.15) is 161 Å². The maximum absolute atomic E-state index is 2.88. The van der Waals surface area contributed by atoms with E-state index in [-0.39, 0.29) is 17.0 Å². The molecular weight excluding hydrogens is 471 g/mol. The standard InChI is InChI=1S/C30H57P.BrH/c31-26-18-7-5-3-1-2-4-6-17-25-30(27-19-11-8-12-20-27,28-21-13-9-14-22-28)29-23-15-10-16-24-29;/h27-29H,1-26,31H2;1H. The lowest BCUT2D eigenvalue weighted by Crippen LogP contribution is -2.47. The highest BCUT2D eigenvalue weighted by atomic mass is 79.9. The summed E-state index contributed by atoms with van der Waals surface area (Å²) in [5.41, 5.74) is 0.749. The van der Waals surface area contributed by atoms with Crippen LogP contribution in [-0.2, 0) is 0 Å². The number of halogens is 1. The zero-order valence-corrected chi connectivity index (χ0v) is 24.5. The minimum atomic E-state index is 0. The molecule has 0 nitrogen and oxygen atoms in total. The van der Waals surface area contributed by atoms with Gasteiger partial charge in [-0.25, -0.2) is 0 Å². The Hall–Kier alpha value is 0.910. The van der Waals surface area contributed by atoms with Gasteiger partial charge in [0.25, 0.3) is 0 Å². The quantitative estimate of drug-likeness (QED) is 0.155. The van der Waals surface area contributed by atoms with Gasteiger partial charge in [0, 0.05) is 0 Å². The van der Waals surface area contributed by atoms with E-state index in [0.717, 1.165) is 23.2 Å². The van der Waals surface area contributed by atoms with Crippen LogP contribution in [0.5, 0.6) is 0 Å². The smallest absolute Gasteiger partial charge is 0.0213 e. The minimum Gasteiger partial charge on any atom is -0.138 e. The van der Waals surface area contributed by atoms with Gasteiger partial charge in [0.2, 0.25) is 0 Å². The SMILES string of the molecule is Br.PCCCCCCCCCCCC(C1CCCCC1)(C1CCCCC1)C1CCCCC1. The highest BCUT2D eigenvalue weighted by Crippen LogP contribution is 2.59. The van der Waals surface area contributed by atoms with E-state index in [1.54, 1.807) is 89.9 Å². The molecule has 3 aliphatic rings. The van der Waals surface area contributed by atoms with E-state index in [2.05, 4.69) is 9.24 Å². The topological polar surface area (TPSA) is 0 Å². The summed E-state index contributed by atoms with van der Waals surface area (Å²) in [7, 11) is 2.88. The molecule has 1 atom stereocenters. The molecule has 0 radical (unpaired) electrons. The van der Waals surface area contributed by atoms with Crippen molar-refractivity contribution >= 4 is 26.2 Å². The highest BCUT2D eigenvalue weighted by Gasteiger charge is 2.49. The Morgan fingerprint density at radius 1 is 0.438 bits per heavy atom. The predicted molar refractivity (Wildman–Crippen MR) is 153 cm³/mol. The van der Waals surface area contributed by atoms with Crippen molar-refractivity contribution in [2.45, 2.75) is 161 Å². The van der Waals surface area contributed by atoms with Crippen LogP contribution in [0, 0.1) is 23.2 Å². The molecule has 0 bridgehead atoms. The van der Waals surface area contributed by atoms with Gasteiger partial charge >= 0.3 is 0 Å². The Morgan fingerprint density at radius 3 is 1.09 bits per heavy atom. The van der Waals surface area contributed by atoms with E-state index in [1.807, 2.05) is 0 Å². The van der Waals surface area contributed by atoms with Gasteiger partial charge in [-0.1, -0.05) is 109 Å². The van der Waals surface area contributed by atoms with Crippen LogP contribution in [0.25, 0.3) is 0 Å². The normalized spacial score (nSPS) is 22.0. The summed E-state index contributed by atoms with van der Waals surface area (Å²) in [5.74, 6) is 3.26. The van der Waals surface area contributed by atoms with Gasteiger partial charge in [-0.05, 0) is 80.7 Å². The van der Waals surface area contributed by atoms with E-state index in [4.69, 9.17) is 0 Å².